The van der Waals surface area contributed by atoms with Gasteiger partial charge < -0.3 is 10.2 Å². The van der Waals surface area contributed by atoms with Crippen LogP contribution in [-0.2, 0) is 25.9 Å². The molecule has 2 aromatic carbocycles. The first kappa shape index (κ1) is 22.5. The van der Waals surface area contributed by atoms with Gasteiger partial charge in [0, 0.05) is 48.9 Å². The quantitative estimate of drug-likeness (QED) is 0.434. The molecule has 2 aromatic heterocycles. The molecule has 1 aliphatic carbocycles. The molecule has 0 spiro atoms. The molecular formula is C27H29N5OS. The summed E-state index contributed by atoms with van der Waals surface area (Å²) in [4.78, 5) is 19.4. The van der Waals surface area contributed by atoms with Crippen LogP contribution in [0, 0.1) is 0 Å². The van der Waals surface area contributed by atoms with Crippen LogP contribution in [0.4, 0.5) is 0 Å². The molecule has 1 aliphatic rings. The van der Waals surface area contributed by atoms with Crippen molar-refractivity contribution in [2.45, 2.75) is 38.4 Å². The van der Waals surface area contributed by atoms with E-state index >= 15 is 0 Å². The fourth-order valence-corrected chi connectivity index (χ4v) is 5.25. The van der Waals surface area contributed by atoms with Crippen molar-refractivity contribution in [2.75, 3.05) is 14.1 Å². The van der Waals surface area contributed by atoms with E-state index < -0.39 is 0 Å². The number of benzene rings is 2. The predicted molar refractivity (Wildman–Crippen MR) is 136 cm³/mol. The number of fused-ring (bicyclic) bond motifs is 1. The zero-order valence-corrected chi connectivity index (χ0v) is 20.4. The van der Waals surface area contributed by atoms with Crippen LogP contribution in [0.25, 0.3) is 11.3 Å². The highest BCUT2D eigenvalue weighted by atomic mass is 32.1. The van der Waals surface area contributed by atoms with Crippen molar-refractivity contribution in [1.82, 2.24) is 25.0 Å². The van der Waals surface area contributed by atoms with Crippen molar-refractivity contribution in [1.29, 1.82) is 0 Å². The molecule has 174 valence electrons. The molecule has 0 saturated heterocycles. The molecule has 1 N–H and O–H groups in total. The smallest absolute Gasteiger partial charge is 0.274 e. The van der Waals surface area contributed by atoms with E-state index in [9.17, 15) is 4.79 Å². The number of aromatic nitrogens is 3. The average molecular weight is 472 g/mol. The number of hydrogen-bond donors (Lipinski definition) is 1. The summed E-state index contributed by atoms with van der Waals surface area (Å²) in [6, 6.07) is 20.9. The Bertz CT molecular complexity index is 1260. The molecule has 0 bridgehead atoms. The summed E-state index contributed by atoms with van der Waals surface area (Å²) in [6.07, 6.45) is 2.72. The van der Waals surface area contributed by atoms with Gasteiger partial charge in [0.25, 0.3) is 5.91 Å². The molecule has 6 nitrogen and oxygen atoms in total. The van der Waals surface area contributed by atoms with Crippen molar-refractivity contribution in [2.24, 2.45) is 0 Å². The topological polar surface area (TPSA) is 63.1 Å². The first-order chi connectivity index (χ1) is 16.6. The number of thiazole rings is 1. The maximum absolute atomic E-state index is 12.9. The van der Waals surface area contributed by atoms with Gasteiger partial charge in [-0.15, -0.1) is 11.3 Å². The van der Waals surface area contributed by atoms with E-state index in [0.717, 1.165) is 47.6 Å². The lowest BCUT2D eigenvalue weighted by molar-refractivity contribution is 0.0820. The molecule has 0 saturated carbocycles. The van der Waals surface area contributed by atoms with Crippen LogP contribution in [0.3, 0.4) is 0 Å². The van der Waals surface area contributed by atoms with Crippen LogP contribution in [0.2, 0.25) is 0 Å². The van der Waals surface area contributed by atoms with Crippen molar-refractivity contribution < 1.29 is 4.79 Å². The van der Waals surface area contributed by atoms with E-state index in [1.54, 1.807) is 30.3 Å². The standard InChI is InChI=1S/C27H29N5OS/c1-31(2)27(33)26-22-15-21(13-14-24(22)32(30-26)17-19-9-5-3-6-10-19)28-16-25-29-23(18-34-25)20-11-7-4-8-12-20/h3-12,18,21,28H,13-17H2,1-2H3. The largest absolute Gasteiger partial charge is 0.343 e. The molecule has 0 aliphatic heterocycles. The second kappa shape index (κ2) is 9.91. The summed E-state index contributed by atoms with van der Waals surface area (Å²) in [5.41, 5.74) is 6.22. The highest BCUT2D eigenvalue weighted by molar-refractivity contribution is 7.09. The Morgan fingerprint density at radius 1 is 1.12 bits per heavy atom. The molecule has 0 fully saturated rings. The summed E-state index contributed by atoms with van der Waals surface area (Å²) in [5, 5.41) is 11.7. The van der Waals surface area contributed by atoms with E-state index in [-0.39, 0.29) is 5.91 Å². The molecule has 2 heterocycles. The fourth-order valence-electron chi connectivity index (χ4n) is 4.50. The van der Waals surface area contributed by atoms with Gasteiger partial charge in [-0.2, -0.15) is 5.10 Å². The van der Waals surface area contributed by atoms with Crippen molar-refractivity contribution >= 4 is 17.2 Å². The second-order valence-electron chi connectivity index (χ2n) is 8.93. The highest BCUT2D eigenvalue weighted by Crippen LogP contribution is 2.27. The van der Waals surface area contributed by atoms with Gasteiger partial charge >= 0.3 is 0 Å². The normalized spacial score (nSPS) is 15.2. The Hall–Kier alpha value is -3.29. The Labute approximate surface area is 204 Å². The van der Waals surface area contributed by atoms with Gasteiger partial charge in [0.1, 0.15) is 5.01 Å². The lowest BCUT2D eigenvalue weighted by atomic mass is 9.91. The van der Waals surface area contributed by atoms with Crippen LogP contribution >= 0.6 is 11.3 Å². The Morgan fingerprint density at radius 2 is 1.85 bits per heavy atom. The van der Waals surface area contributed by atoms with Crippen LogP contribution in [0.15, 0.2) is 66.0 Å². The first-order valence-electron chi connectivity index (χ1n) is 11.7. The van der Waals surface area contributed by atoms with Gasteiger partial charge in [-0.05, 0) is 24.8 Å². The summed E-state index contributed by atoms with van der Waals surface area (Å²) >= 11 is 1.69. The monoisotopic (exact) mass is 471 g/mol. The van der Waals surface area contributed by atoms with Crippen LogP contribution in [0.5, 0.6) is 0 Å². The number of nitrogens with zero attached hydrogens (tertiary/aromatic N) is 4. The van der Waals surface area contributed by atoms with E-state index in [1.807, 2.05) is 41.1 Å². The number of carbonyl (C=O) groups is 1. The third-order valence-electron chi connectivity index (χ3n) is 6.29. The van der Waals surface area contributed by atoms with Gasteiger partial charge in [0.05, 0.1) is 12.2 Å². The number of nitrogens with one attached hydrogen (secondary N) is 1. The Balaban J connectivity index is 1.31. The number of amides is 1. The van der Waals surface area contributed by atoms with Crippen molar-refractivity contribution in [3.63, 3.8) is 0 Å². The maximum Gasteiger partial charge on any atom is 0.274 e. The number of hydrogen-bond acceptors (Lipinski definition) is 5. The summed E-state index contributed by atoms with van der Waals surface area (Å²) in [5.74, 6) is -0.0314. The third kappa shape index (κ3) is 4.81. The minimum atomic E-state index is -0.0314. The molecule has 1 atom stereocenters. The van der Waals surface area contributed by atoms with Crippen molar-refractivity contribution in [3.05, 3.63) is 93.6 Å². The SMILES string of the molecule is CN(C)C(=O)c1nn(Cc2ccccc2)c2c1CC(NCc1nc(-c3ccccc3)cs1)CC2. The summed E-state index contributed by atoms with van der Waals surface area (Å²) in [7, 11) is 3.58. The first-order valence-corrected chi connectivity index (χ1v) is 12.5. The van der Waals surface area contributed by atoms with Gasteiger partial charge in [0.2, 0.25) is 0 Å². The van der Waals surface area contributed by atoms with Gasteiger partial charge in [-0.1, -0.05) is 60.7 Å². The summed E-state index contributed by atoms with van der Waals surface area (Å²) in [6.45, 7) is 1.41. The molecule has 7 heteroatoms. The molecular weight excluding hydrogens is 442 g/mol. The Kier molecular flexibility index (Phi) is 6.56. The van der Waals surface area contributed by atoms with Crippen molar-refractivity contribution in [3.8, 4) is 11.3 Å². The van der Waals surface area contributed by atoms with Crippen LogP contribution in [0.1, 0.15) is 38.7 Å². The third-order valence-corrected chi connectivity index (χ3v) is 7.14. The van der Waals surface area contributed by atoms with Crippen LogP contribution in [-0.4, -0.2) is 45.7 Å². The molecule has 0 radical (unpaired) electrons. The zero-order valence-electron chi connectivity index (χ0n) is 19.6. The summed E-state index contributed by atoms with van der Waals surface area (Å²) < 4.78 is 2.03. The lowest BCUT2D eigenvalue weighted by Gasteiger charge is -2.24. The number of rotatable bonds is 7. The fraction of sp³-hybridized carbons (Fsp3) is 0.296. The van der Waals surface area contributed by atoms with Gasteiger partial charge in [0.15, 0.2) is 5.69 Å². The molecule has 34 heavy (non-hydrogen) atoms. The van der Waals surface area contributed by atoms with Crippen LogP contribution < -0.4 is 5.32 Å². The maximum atomic E-state index is 12.9. The molecule has 1 unspecified atom stereocenters. The van der Waals surface area contributed by atoms with E-state index in [0.29, 0.717) is 18.3 Å². The minimum Gasteiger partial charge on any atom is -0.343 e. The zero-order chi connectivity index (χ0) is 23.5. The number of carbonyl (C=O) groups excluding carboxylic acids is 1. The molecule has 5 rings (SSSR count). The molecule has 1 amide bonds. The lowest BCUT2D eigenvalue weighted by Crippen LogP contribution is -2.35. The molecule has 4 aromatic rings. The van der Waals surface area contributed by atoms with E-state index in [2.05, 4.69) is 35.0 Å². The highest BCUT2D eigenvalue weighted by Gasteiger charge is 2.29. The minimum absolute atomic E-state index is 0.0314. The van der Waals surface area contributed by atoms with Gasteiger partial charge in [-0.3, -0.25) is 9.48 Å². The average Bonchev–Trinajstić information content (AvgIpc) is 3.48. The van der Waals surface area contributed by atoms with Gasteiger partial charge in [-0.25, -0.2) is 4.98 Å². The second-order valence-corrected chi connectivity index (χ2v) is 9.87. The Morgan fingerprint density at radius 3 is 2.59 bits per heavy atom. The van der Waals surface area contributed by atoms with E-state index in [1.165, 1.54) is 11.3 Å². The predicted octanol–water partition coefficient (Wildman–Crippen LogP) is 4.40. The van der Waals surface area contributed by atoms with E-state index in [4.69, 9.17) is 10.1 Å².